The van der Waals surface area contributed by atoms with Gasteiger partial charge in [-0.2, -0.15) is 0 Å². The Morgan fingerprint density at radius 3 is 2.28 bits per heavy atom. The standard InChI is InChI=1S/C22H27N3O4/c1-4-16-6-5-7-17(12-16)25-22-18-13-20(28-10-8-26-2)21(29-11-9-27-3)14-19(18)23-15-24-22/h5-7,12-15H,4,8-11H2,1-3H3,(H,23,24,25). The van der Waals surface area contributed by atoms with Crippen LogP contribution >= 0.6 is 0 Å². The summed E-state index contributed by atoms with van der Waals surface area (Å²) in [5.41, 5.74) is 3.00. The molecule has 1 N–H and O–H groups in total. The minimum Gasteiger partial charge on any atom is -0.487 e. The van der Waals surface area contributed by atoms with Gasteiger partial charge < -0.3 is 24.3 Å². The molecule has 0 spiro atoms. The van der Waals surface area contributed by atoms with Crippen molar-refractivity contribution in [2.24, 2.45) is 0 Å². The Balaban J connectivity index is 1.94. The fraction of sp³-hybridized carbons (Fsp3) is 0.364. The van der Waals surface area contributed by atoms with Gasteiger partial charge in [-0.25, -0.2) is 9.97 Å². The van der Waals surface area contributed by atoms with Crippen LogP contribution in [0.2, 0.25) is 0 Å². The van der Waals surface area contributed by atoms with Gasteiger partial charge in [0.2, 0.25) is 0 Å². The third kappa shape index (κ3) is 5.56. The van der Waals surface area contributed by atoms with E-state index in [0.717, 1.165) is 23.0 Å². The lowest BCUT2D eigenvalue weighted by atomic mass is 10.1. The Bertz CT molecular complexity index is 933. The van der Waals surface area contributed by atoms with Crippen molar-refractivity contribution in [1.82, 2.24) is 9.97 Å². The third-order valence-corrected chi connectivity index (χ3v) is 4.39. The van der Waals surface area contributed by atoms with Crippen molar-refractivity contribution in [2.75, 3.05) is 46.0 Å². The van der Waals surface area contributed by atoms with Crippen molar-refractivity contribution in [1.29, 1.82) is 0 Å². The third-order valence-electron chi connectivity index (χ3n) is 4.39. The molecule has 0 saturated carbocycles. The molecule has 0 amide bonds. The van der Waals surface area contributed by atoms with E-state index in [9.17, 15) is 0 Å². The number of benzene rings is 2. The lowest BCUT2D eigenvalue weighted by Crippen LogP contribution is -2.09. The first-order chi connectivity index (χ1) is 14.2. The molecule has 154 valence electrons. The van der Waals surface area contributed by atoms with E-state index in [1.807, 2.05) is 24.3 Å². The van der Waals surface area contributed by atoms with Gasteiger partial charge in [-0.15, -0.1) is 0 Å². The monoisotopic (exact) mass is 397 g/mol. The molecule has 0 saturated heterocycles. The summed E-state index contributed by atoms with van der Waals surface area (Å²) < 4.78 is 21.9. The van der Waals surface area contributed by atoms with Gasteiger partial charge in [0, 0.05) is 31.4 Å². The second-order valence-corrected chi connectivity index (χ2v) is 6.40. The zero-order valence-electron chi connectivity index (χ0n) is 17.1. The molecule has 1 heterocycles. The van der Waals surface area contributed by atoms with Gasteiger partial charge in [-0.3, -0.25) is 0 Å². The molecule has 0 radical (unpaired) electrons. The fourth-order valence-electron chi connectivity index (χ4n) is 2.86. The van der Waals surface area contributed by atoms with E-state index in [4.69, 9.17) is 18.9 Å². The Hall–Kier alpha value is -2.90. The number of methoxy groups -OCH3 is 2. The highest BCUT2D eigenvalue weighted by molar-refractivity contribution is 5.93. The van der Waals surface area contributed by atoms with Gasteiger partial charge in [-0.1, -0.05) is 19.1 Å². The van der Waals surface area contributed by atoms with Crippen molar-refractivity contribution >= 4 is 22.4 Å². The summed E-state index contributed by atoms with van der Waals surface area (Å²) in [5.74, 6) is 1.94. The number of ether oxygens (including phenoxy) is 4. The number of hydrogen-bond donors (Lipinski definition) is 1. The highest BCUT2D eigenvalue weighted by atomic mass is 16.5. The van der Waals surface area contributed by atoms with Crippen LogP contribution in [-0.4, -0.2) is 50.6 Å². The van der Waals surface area contributed by atoms with Gasteiger partial charge in [0.15, 0.2) is 11.5 Å². The summed E-state index contributed by atoms with van der Waals surface area (Å²) in [7, 11) is 3.28. The fourth-order valence-corrected chi connectivity index (χ4v) is 2.86. The molecule has 0 fully saturated rings. The van der Waals surface area contributed by atoms with Crippen LogP contribution in [0.1, 0.15) is 12.5 Å². The maximum absolute atomic E-state index is 5.88. The van der Waals surface area contributed by atoms with Crippen LogP contribution in [0.3, 0.4) is 0 Å². The number of fused-ring (bicyclic) bond motifs is 1. The summed E-state index contributed by atoms with van der Waals surface area (Å²) in [6.07, 6.45) is 2.51. The van der Waals surface area contributed by atoms with Crippen molar-refractivity contribution in [3.63, 3.8) is 0 Å². The number of nitrogens with one attached hydrogen (secondary N) is 1. The van der Waals surface area contributed by atoms with E-state index in [1.165, 1.54) is 5.56 Å². The maximum Gasteiger partial charge on any atom is 0.163 e. The highest BCUT2D eigenvalue weighted by Gasteiger charge is 2.13. The van der Waals surface area contributed by atoms with Crippen molar-refractivity contribution in [3.05, 3.63) is 48.3 Å². The first-order valence-electron chi connectivity index (χ1n) is 9.63. The smallest absolute Gasteiger partial charge is 0.163 e. The lowest BCUT2D eigenvalue weighted by molar-refractivity contribution is 0.132. The van der Waals surface area contributed by atoms with Crippen LogP contribution in [0.5, 0.6) is 11.5 Å². The lowest BCUT2D eigenvalue weighted by Gasteiger charge is -2.15. The molecule has 0 aliphatic carbocycles. The Morgan fingerprint density at radius 2 is 1.59 bits per heavy atom. The molecule has 0 aliphatic rings. The predicted octanol–water partition coefficient (Wildman–Crippen LogP) is 3.99. The largest absolute Gasteiger partial charge is 0.487 e. The first kappa shape index (κ1) is 20.8. The van der Waals surface area contributed by atoms with E-state index in [2.05, 4.69) is 34.3 Å². The molecule has 0 bridgehead atoms. The van der Waals surface area contributed by atoms with Gasteiger partial charge >= 0.3 is 0 Å². The van der Waals surface area contributed by atoms with E-state index in [1.54, 1.807) is 20.5 Å². The Morgan fingerprint density at radius 1 is 0.862 bits per heavy atom. The van der Waals surface area contributed by atoms with Crippen LogP contribution in [0.25, 0.3) is 10.9 Å². The number of hydrogen-bond acceptors (Lipinski definition) is 7. The molecule has 3 rings (SSSR count). The summed E-state index contributed by atoms with van der Waals surface area (Å²) in [4.78, 5) is 8.84. The Kier molecular flexibility index (Phi) is 7.61. The molecule has 0 atom stereocenters. The van der Waals surface area contributed by atoms with E-state index in [-0.39, 0.29) is 0 Å². The highest BCUT2D eigenvalue weighted by Crippen LogP contribution is 2.35. The quantitative estimate of drug-likeness (QED) is 0.490. The maximum atomic E-state index is 5.88. The van der Waals surface area contributed by atoms with Gasteiger partial charge in [-0.05, 0) is 30.2 Å². The zero-order valence-corrected chi connectivity index (χ0v) is 17.1. The predicted molar refractivity (Wildman–Crippen MR) is 113 cm³/mol. The van der Waals surface area contributed by atoms with Gasteiger partial charge in [0.25, 0.3) is 0 Å². The number of anilines is 2. The summed E-state index contributed by atoms with van der Waals surface area (Å²) >= 11 is 0. The van der Waals surface area contributed by atoms with Crippen molar-refractivity contribution in [2.45, 2.75) is 13.3 Å². The van der Waals surface area contributed by atoms with E-state index < -0.39 is 0 Å². The minimum absolute atomic E-state index is 0.414. The molecule has 0 unspecified atom stereocenters. The molecule has 0 aliphatic heterocycles. The topological polar surface area (TPSA) is 74.7 Å². The van der Waals surface area contributed by atoms with Crippen LogP contribution in [0, 0.1) is 0 Å². The van der Waals surface area contributed by atoms with Gasteiger partial charge in [0.05, 0.1) is 18.7 Å². The average Bonchev–Trinajstić information content (AvgIpc) is 2.75. The number of aromatic nitrogens is 2. The summed E-state index contributed by atoms with van der Waals surface area (Å²) in [6.45, 7) is 3.93. The normalized spacial score (nSPS) is 10.9. The van der Waals surface area contributed by atoms with Crippen molar-refractivity contribution < 1.29 is 18.9 Å². The minimum atomic E-state index is 0.414. The van der Waals surface area contributed by atoms with E-state index >= 15 is 0 Å². The van der Waals surface area contributed by atoms with Gasteiger partial charge in [0.1, 0.15) is 25.4 Å². The van der Waals surface area contributed by atoms with Crippen LogP contribution in [-0.2, 0) is 15.9 Å². The average molecular weight is 397 g/mol. The molecule has 7 nitrogen and oxygen atoms in total. The van der Waals surface area contributed by atoms with Crippen LogP contribution in [0.15, 0.2) is 42.7 Å². The van der Waals surface area contributed by atoms with Crippen LogP contribution < -0.4 is 14.8 Å². The number of aryl methyl sites for hydroxylation is 1. The second-order valence-electron chi connectivity index (χ2n) is 6.40. The van der Waals surface area contributed by atoms with Crippen molar-refractivity contribution in [3.8, 4) is 11.5 Å². The molecular weight excluding hydrogens is 370 g/mol. The summed E-state index contributed by atoms with van der Waals surface area (Å²) in [6, 6.07) is 12.0. The molecule has 2 aromatic carbocycles. The molecule has 7 heteroatoms. The second kappa shape index (κ2) is 10.6. The molecule has 29 heavy (non-hydrogen) atoms. The zero-order chi connectivity index (χ0) is 20.5. The Labute approximate surface area is 171 Å². The number of rotatable bonds is 11. The SMILES string of the molecule is CCc1cccc(Nc2ncnc3cc(OCCOC)c(OCCOC)cc23)c1. The van der Waals surface area contributed by atoms with E-state index in [0.29, 0.717) is 43.7 Å². The number of nitrogens with zero attached hydrogens (tertiary/aromatic N) is 2. The first-order valence-corrected chi connectivity index (χ1v) is 9.63. The molecule has 3 aromatic rings. The van der Waals surface area contributed by atoms with Crippen LogP contribution in [0.4, 0.5) is 11.5 Å². The molecular formula is C22H27N3O4. The molecule has 1 aromatic heterocycles. The summed E-state index contributed by atoms with van der Waals surface area (Å²) in [5, 5.41) is 4.24.